The molecule has 1 aliphatic heterocycles. The van der Waals surface area contributed by atoms with Crippen LogP contribution in [0.1, 0.15) is 29.2 Å². The summed E-state index contributed by atoms with van der Waals surface area (Å²) in [6, 6.07) is 23.7. The molecular weight excluding hydrogens is 622 g/mol. The lowest BCUT2D eigenvalue weighted by molar-refractivity contribution is -0.122. The maximum atomic E-state index is 13.5. The molecule has 0 bridgehead atoms. The number of carbonyl (C=O) groups is 4. The Morgan fingerprint density at radius 3 is 2.38 bits per heavy atom. The maximum Gasteiger partial charge on any atom is 0.335 e. The number of anilines is 2. The third-order valence-corrected chi connectivity index (χ3v) is 7.59. The van der Waals surface area contributed by atoms with Gasteiger partial charge in [-0.25, -0.2) is 9.69 Å². The lowest BCUT2D eigenvalue weighted by Gasteiger charge is -2.26. The van der Waals surface area contributed by atoms with E-state index in [4.69, 9.17) is 25.8 Å². The van der Waals surface area contributed by atoms with Gasteiger partial charge in [0.15, 0.2) is 18.1 Å². The Bertz CT molecular complexity index is 1860. The lowest BCUT2D eigenvalue weighted by Crippen LogP contribution is -2.54. The topological polar surface area (TPSA) is 123 Å². The van der Waals surface area contributed by atoms with Gasteiger partial charge in [-0.3, -0.25) is 19.7 Å². The number of hydrogen-bond donors (Lipinski definition) is 2. The Labute approximate surface area is 276 Å². The summed E-state index contributed by atoms with van der Waals surface area (Å²) in [5.74, 6) is -1.22. The van der Waals surface area contributed by atoms with Crippen LogP contribution < -0.4 is 29.7 Å². The van der Waals surface area contributed by atoms with Gasteiger partial charge in [-0.2, -0.15) is 0 Å². The number of nitrogens with one attached hydrogen (secondary N) is 2. The van der Waals surface area contributed by atoms with Gasteiger partial charge in [0.05, 0.1) is 17.3 Å². The molecule has 0 unspecified atom stereocenters. The smallest absolute Gasteiger partial charge is 0.335 e. The van der Waals surface area contributed by atoms with E-state index in [0.29, 0.717) is 23.6 Å². The number of aryl methyl sites for hydroxylation is 1. The van der Waals surface area contributed by atoms with E-state index in [0.717, 1.165) is 21.6 Å². The number of imide groups is 2. The maximum absolute atomic E-state index is 13.5. The molecule has 0 atom stereocenters. The van der Waals surface area contributed by atoms with Crippen molar-refractivity contribution in [2.75, 3.05) is 23.4 Å². The number of rotatable bonds is 11. The first-order valence-electron chi connectivity index (χ1n) is 14.8. The van der Waals surface area contributed by atoms with Crippen LogP contribution in [0.3, 0.4) is 0 Å². The van der Waals surface area contributed by atoms with Gasteiger partial charge >= 0.3 is 6.03 Å². The van der Waals surface area contributed by atoms with Gasteiger partial charge in [0.2, 0.25) is 0 Å². The minimum absolute atomic E-state index is 0.0880. The third-order valence-electron chi connectivity index (χ3n) is 7.31. The Hall–Kier alpha value is -5.61. The SMILES string of the molecule is CCOc1cc(/C=C2/C(=O)NC(=O)N(c3ccc(OCc4ccccc4)cc3)C2=O)cc(Cl)c1OCC(=O)Nc1cccc(C)c1C. The second-order valence-electron chi connectivity index (χ2n) is 10.6. The predicted molar refractivity (Wildman–Crippen MR) is 179 cm³/mol. The monoisotopic (exact) mass is 653 g/mol. The zero-order valence-corrected chi connectivity index (χ0v) is 26.7. The van der Waals surface area contributed by atoms with Gasteiger partial charge < -0.3 is 19.5 Å². The van der Waals surface area contributed by atoms with Crippen LogP contribution in [0.5, 0.6) is 17.2 Å². The molecule has 0 spiro atoms. The predicted octanol–water partition coefficient (Wildman–Crippen LogP) is 6.62. The molecule has 0 aromatic heterocycles. The molecular formula is C36H32ClN3O7. The zero-order chi connectivity index (χ0) is 33.5. The van der Waals surface area contributed by atoms with Crippen LogP contribution in [0.25, 0.3) is 6.08 Å². The van der Waals surface area contributed by atoms with Crippen LogP contribution in [-0.2, 0) is 21.0 Å². The van der Waals surface area contributed by atoms with E-state index in [2.05, 4.69) is 10.6 Å². The van der Waals surface area contributed by atoms with Crippen molar-refractivity contribution in [3.05, 3.63) is 118 Å². The van der Waals surface area contributed by atoms with E-state index in [1.54, 1.807) is 37.3 Å². The van der Waals surface area contributed by atoms with E-state index >= 15 is 0 Å². The minimum Gasteiger partial charge on any atom is -0.490 e. The first-order chi connectivity index (χ1) is 22.6. The molecule has 47 heavy (non-hydrogen) atoms. The molecule has 1 aliphatic rings. The highest BCUT2D eigenvalue weighted by Crippen LogP contribution is 2.38. The number of carbonyl (C=O) groups excluding carboxylic acids is 4. The molecule has 5 rings (SSSR count). The summed E-state index contributed by atoms with van der Waals surface area (Å²) >= 11 is 6.55. The summed E-state index contributed by atoms with van der Waals surface area (Å²) in [4.78, 5) is 52.6. The molecule has 1 fully saturated rings. The molecule has 0 radical (unpaired) electrons. The Kier molecular flexibility index (Phi) is 10.2. The third kappa shape index (κ3) is 7.79. The number of hydrogen-bond acceptors (Lipinski definition) is 7. The number of benzene rings is 4. The first kappa shape index (κ1) is 32.8. The standard InChI is InChI=1S/C36H32ClN3O7/c1-4-45-31-19-25(18-29(37)33(31)47-21-32(41)38-30-12-8-9-22(2)23(30)3)17-28-34(42)39-36(44)40(35(28)43)26-13-15-27(16-14-26)46-20-24-10-6-5-7-11-24/h5-19H,4,20-21H2,1-3H3,(H,38,41)(H,39,42,44)/b28-17-. The normalized spacial score (nSPS) is 13.7. The van der Waals surface area contributed by atoms with Crippen molar-refractivity contribution < 1.29 is 33.4 Å². The van der Waals surface area contributed by atoms with Gasteiger partial charge in [0.1, 0.15) is 17.9 Å². The Morgan fingerprint density at radius 1 is 0.915 bits per heavy atom. The molecule has 1 saturated heterocycles. The van der Waals surface area contributed by atoms with Crippen molar-refractivity contribution in [1.82, 2.24) is 5.32 Å². The van der Waals surface area contributed by atoms with Crippen LogP contribution in [0.2, 0.25) is 5.02 Å². The van der Waals surface area contributed by atoms with Crippen molar-refractivity contribution in [3.8, 4) is 17.2 Å². The highest BCUT2D eigenvalue weighted by Gasteiger charge is 2.37. The fourth-order valence-corrected chi connectivity index (χ4v) is 5.05. The molecule has 5 amide bonds. The quantitative estimate of drug-likeness (QED) is 0.138. The molecule has 4 aromatic rings. The van der Waals surface area contributed by atoms with Crippen molar-refractivity contribution >= 4 is 52.8 Å². The second-order valence-corrected chi connectivity index (χ2v) is 11.0. The zero-order valence-electron chi connectivity index (χ0n) is 26.0. The fraction of sp³-hybridized carbons (Fsp3) is 0.167. The summed E-state index contributed by atoms with van der Waals surface area (Å²) in [5.41, 5.74) is 3.92. The number of nitrogens with zero attached hydrogens (tertiary/aromatic N) is 1. The average molecular weight is 654 g/mol. The van der Waals surface area contributed by atoms with Crippen LogP contribution in [-0.4, -0.2) is 37.0 Å². The van der Waals surface area contributed by atoms with Crippen molar-refractivity contribution in [2.45, 2.75) is 27.4 Å². The molecule has 240 valence electrons. The van der Waals surface area contributed by atoms with Crippen LogP contribution >= 0.6 is 11.6 Å². The molecule has 0 saturated carbocycles. The van der Waals surface area contributed by atoms with Gasteiger partial charge in [0.25, 0.3) is 17.7 Å². The summed E-state index contributed by atoms with van der Waals surface area (Å²) in [5, 5.41) is 5.12. The number of ether oxygens (including phenoxy) is 3. The fourth-order valence-electron chi connectivity index (χ4n) is 4.78. The number of amides is 5. The van der Waals surface area contributed by atoms with Crippen molar-refractivity contribution in [2.24, 2.45) is 0 Å². The highest BCUT2D eigenvalue weighted by atomic mass is 35.5. The molecule has 11 heteroatoms. The molecule has 0 aliphatic carbocycles. The van der Waals surface area contributed by atoms with E-state index in [-0.39, 0.29) is 41.0 Å². The first-order valence-corrected chi connectivity index (χ1v) is 15.2. The summed E-state index contributed by atoms with van der Waals surface area (Å²) in [6.07, 6.45) is 1.31. The number of urea groups is 1. The van der Waals surface area contributed by atoms with Gasteiger partial charge in [0, 0.05) is 5.69 Å². The van der Waals surface area contributed by atoms with E-state index in [9.17, 15) is 19.2 Å². The Morgan fingerprint density at radius 2 is 1.66 bits per heavy atom. The van der Waals surface area contributed by atoms with Gasteiger partial charge in [-0.1, -0.05) is 54.1 Å². The summed E-state index contributed by atoms with van der Waals surface area (Å²) in [6.45, 7) is 5.87. The van der Waals surface area contributed by atoms with Crippen molar-refractivity contribution in [1.29, 1.82) is 0 Å². The Balaban J connectivity index is 1.32. The van der Waals surface area contributed by atoms with E-state index in [1.807, 2.05) is 56.3 Å². The highest BCUT2D eigenvalue weighted by molar-refractivity contribution is 6.39. The number of barbiturate groups is 1. The molecule has 4 aromatic carbocycles. The van der Waals surface area contributed by atoms with Crippen LogP contribution in [0.4, 0.5) is 16.2 Å². The minimum atomic E-state index is -0.883. The van der Waals surface area contributed by atoms with Crippen LogP contribution in [0.15, 0.2) is 90.5 Å². The lowest BCUT2D eigenvalue weighted by atomic mass is 10.1. The van der Waals surface area contributed by atoms with E-state index in [1.165, 1.54) is 18.2 Å². The summed E-state index contributed by atoms with van der Waals surface area (Å²) in [7, 11) is 0. The van der Waals surface area contributed by atoms with Crippen LogP contribution in [0, 0.1) is 13.8 Å². The summed E-state index contributed by atoms with van der Waals surface area (Å²) < 4.78 is 17.3. The average Bonchev–Trinajstić information content (AvgIpc) is 3.05. The second kappa shape index (κ2) is 14.7. The molecule has 10 nitrogen and oxygen atoms in total. The van der Waals surface area contributed by atoms with Crippen molar-refractivity contribution in [3.63, 3.8) is 0 Å². The van der Waals surface area contributed by atoms with Gasteiger partial charge in [-0.15, -0.1) is 0 Å². The van der Waals surface area contributed by atoms with E-state index < -0.39 is 23.8 Å². The molecule has 1 heterocycles. The largest absolute Gasteiger partial charge is 0.490 e. The number of halogens is 1. The molecule has 2 N–H and O–H groups in total. The van der Waals surface area contributed by atoms with Gasteiger partial charge in [-0.05, 0) is 91.6 Å².